The molecule has 0 aromatic carbocycles. The molecule has 1 aliphatic carbocycles. The third-order valence-electron chi connectivity index (χ3n) is 2.39. The van der Waals surface area contributed by atoms with Crippen molar-refractivity contribution < 1.29 is 0 Å². The van der Waals surface area contributed by atoms with Crippen LogP contribution >= 0.6 is 0 Å². The van der Waals surface area contributed by atoms with Crippen LogP contribution in [0, 0.1) is 12.8 Å². The molecule has 4 heteroatoms. The van der Waals surface area contributed by atoms with Gasteiger partial charge in [0.25, 0.3) is 0 Å². The van der Waals surface area contributed by atoms with Gasteiger partial charge in [0, 0.05) is 6.20 Å². The van der Waals surface area contributed by atoms with Gasteiger partial charge in [0.15, 0.2) is 0 Å². The molecule has 0 radical (unpaired) electrons. The first-order valence-electron chi connectivity index (χ1n) is 4.57. The van der Waals surface area contributed by atoms with E-state index in [9.17, 15) is 0 Å². The lowest BCUT2D eigenvalue weighted by Gasteiger charge is -2.13. The van der Waals surface area contributed by atoms with Crippen molar-refractivity contribution in [2.45, 2.75) is 25.8 Å². The molecule has 1 saturated carbocycles. The summed E-state index contributed by atoms with van der Waals surface area (Å²) in [5.74, 6) is 6.96. The summed E-state index contributed by atoms with van der Waals surface area (Å²) in [5, 5.41) is 0. The Bertz CT molecular complexity index is 295. The van der Waals surface area contributed by atoms with Crippen LogP contribution in [0.4, 0.5) is 0 Å². The van der Waals surface area contributed by atoms with Crippen LogP contribution in [-0.4, -0.2) is 9.97 Å². The van der Waals surface area contributed by atoms with Gasteiger partial charge in [0.2, 0.25) is 0 Å². The average Bonchev–Trinajstić information content (AvgIpc) is 2.90. The fourth-order valence-electron chi connectivity index (χ4n) is 1.54. The third-order valence-corrected chi connectivity index (χ3v) is 2.39. The minimum absolute atomic E-state index is 0.210. The number of aromatic nitrogens is 2. The summed E-state index contributed by atoms with van der Waals surface area (Å²) in [5.41, 5.74) is 3.83. The molecule has 0 saturated heterocycles. The Balaban J connectivity index is 2.21. The number of hydrogen-bond acceptors (Lipinski definition) is 4. The number of nitrogens with two attached hydrogens (primary N) is 1. The maximum Gasteiger partial charge on any atom is 0.125 e. The van der Waals surface area contributed by atoms with E-state index in [1.54, 1.807) is 6.20 Å². The average molecular weight is 178 g/mol. The second-order valence-corrected chi connectivity index (χ2v) is 3.51. The van der Waals surface area contributed by atoms with Crippen molar-refractivity contribution >= 4 is 0 Å². The quantitative estimate of drug-likeness (QED) is 0.528. The van der Waals surface area contributed by atoms with Crippen LogP contribution in [0.5, 0.6) is 0 Å². The van der Waals surface area contributed by atoms with Crippen molar-refractivity contribution in [2.24, 2.45) is 11.8 Å². The van der Waals surface area contributed by atoms with E-state index < -0.39 is 0 Å². The highest BCUT2D eigenvalue weighted by molar-refractivity contribution is 5.10. The molecule has 1 heterocycles. The third kappa shape index (κ3) is 1.84. The molecule has 1 aromatic rings. The van der Waals surface area contributed by atoms with Crippen molar-refractivity contribution in [3.63, 3.8) is 0 Å². The van der Waals surface area contributed by atoms with E-state index in [0.29, 0.717) is 5.92 Å². The lowest BCUT2D eigenvalue weighted by atomic mass is 10.1. The highest BCUT2D eigenvalue weighted by atomic mass is 15.2. The maximum absolute atomic E-state index is 5.49. The SMILES string of the molecule is Cc1nccc(C(NN)C2CC2)n1. The number of nitrogens with one attached hydrogen (secondary N) is 1. The van der Waals surface area contributed by atoms with E-state index in [4.69, 9.17) is 5.84 Å². The summed E-state index contributed by atoms with van der Waals surface area (Å²) in [6.07, 6.45) is 4.28. The molecule has 0 aliphatic heterocycles. The van der Waals surface area contributed by atoms with Crippen LogP contribution < -0.4 is 11.3 Å². The first kappa shape index (κ1) is 8.59. The second-order valence-electron chi connectivity index (χ2n) is 3.51. The van der Waals surface area contributed by atoms with Crippen molar-refractivity contribution in [1.82, 2.24) is 15.4 Å². The Kier molecular flexibility index (Phi) is 2.24. The predicted octanol–water partition coefficient (Wildman–Crippen LogP) is 0.699. The van der Waals surface area contributed by atoms with Gasteiger partial charge >= 0.3 is 0 Å². The van der Waals surface area contributed by atoms with Crippen molar-refractivity contribution in [3.8, 4) is 0 Å². The Morgan fingerprint density at radius 2 is 2.38 bits per heavy atom. The number of hydrazine groups is 1. The molecule has 1 unspecified atom stereocenters. The van der Waals surface area contributed by atoms with E-state index in [2.05, 4.69) is 15.4 Å². The van der Waals surface area contributed by atoms with Crippen LogP contribution in [0.25, 0.3) is 0 Å². The summed E-state index contributed by atoms with van der Waals surface area (Å²) in [7, 11) is 0. The second kappa shape index (κ2) is 3.40. The van der Waals surface area contributed by atoms with Gasteiger partial charge in [-0.15, -0.1) is 0 Å². The van der Waals surface area contributed by atoms with Gasteiger partial charge in [-0.2, -0.15) is 0 Å². The first-order chi connectivity index (χ1) is 6.31. The van der Waals surface area contributed by atoms with Gasteiger partial charge in [-0.25, -0.2) is 9.97 Å². The number of rotatable bonds is 3. The Labute approximate surface area is 77.5 Å². The molecule has 1 aliphatic rings. The molecule has 3 N–H and O–H groups in total. The minimum atomic E-state index is 0.210. The summed E-state index contributed by atoms with van der Waals surface area (Å²) in [6, 6.07) is 2.14. The van der Waals surface area contributed by atoms with Crippen LogP contribution in [0.3, 0.4) is 0 Å². The summed E-state index contributed by atoms with van der Waals surface area (Å²) >= 11 is 0. The zero-order chi connectivity index (χ0) is 9.26. The predicted molar refractivity (Wildman–Crippen MR) is 49.6 cm³/mol. The molecule has 1 atom stereocenters. The normalized spacial score (nSPS) is 18.6. The van der Waals surface area contributed by atoms with Crippen molar-refractivity contribution in [1.29, 1.82) is 0 Å². The fourth-order valence-corrected chi connectivity index (χ4v) is 1.54. The minimum Gasteiger partial charge on any atom is -0.271 e. The highest BCUT2D eigenvalue weighted by Crippen LogP contribution is 2.39. The molecule has 1 fully saturated rings. The summed E-state index contributed by atoms with van der Waals surface area (Å²) < 4.78 is 0. The van der Waals surface area contributed by atoms with E-state index in [-0.39, 0.29) is 6.04 Å². The van der Waals surface area contributed by atoms with E-state index in [0.717, 1.165) is 11.5 Å². The molecular formula is C9H14N4. The van der Waals surface area contributed by atoms with E-state index in [1.165, 1.54) is 12.8 Å². The molecule has 0 bridgehead atoms. The topological polar surface area (TPSA) is 63.8 Å². The standard InChI is InChI=1S/C9H14N4/c1-6-11-5-4-8(12-6)9(13-10)7-2-3-7/h4-5,7,9,13H,2-3,10H2,1H3. The summed E-state index contributed by atoms with van der Waals surface area (Å²) in [4.78, 5) is 8.41. The monoisotopic (exact) mass is 178 g/mol. The zero-order valence-corrected chi connectivity index (χ0v) is 7.70. The fraction of sp³-hybridized carbons (Fsp3) is 0.556. The molecule has 0 amide bonds. The number of aryl methyl sites for hydroxylation is 1. The molecular weight excluding hydrogens is 164 g/mol. The van der Waals surface area contributed by atoms with Crippen molar-refractivity contribution in [2.75, 3.05) is 0 Å². The molecule has 2 rings (SSSR count). The molecule has 1 aromatic heterocycles. The smallest absolute Gasteiger partial charge is 0.125 e. The van der Waals surface area contributed by atoms with E-state index in [1.807, 2.05) is 13.0 Å². The zero-order valence-electron chi connectivity index (χ0n) is 7.70. The van der Waals surface area contributed by atoms with Crippen LogP contribution in [0.1, 0.15) is 30.4 Å². The first-order valence-corrected chi connectivity index (χ1v) is 4.57. The van der Waals surface area contributed by atoms with Gasteiger partial charge in [0.1, 0.15) is 5.82 Å². The van der Waals surface area contributed by atoms with Gasteiger partial charge in [0.05, 0.1) is 11.7 Å². The van der Waals surface area contributed by atoms with Gasteiger partial charge in [-0.05, 0) is 31.7 Å². The highest BCUT2D eigenvalue weighted by Gasteiger charge is 2.32. The lowest BCUT2D eigenvalue weighted by molar-refractivity contribution is 0.483. The van der Waals surface area contributed by atoms with Crippen molar-refractivity contribution in [3.05, 3.63) is 23.8 Å². The maximum atomic E-state index is 5.49. The van der Waals surface area contributed by atoms with Crippen LogP contribution in [0.2, 0.25) is 0 Å². The molecule has 13 heavy (non-hydrogen) atoms. The largest absolute Gasteiger partial charge is 0.271 e. The van der Waals surface area contributed by atoms with Gasteiger partial charge in [-0.1, -0.05) is 0 Å². The Hall–Kier alpha value is -1.00. The summed E-state index contributed by atoms with van der Waals surface area (Å²) in [6.45, 7) is 1.89. The van der Waals surface area contributed by atoms with Gasteiger partial charge < -0.3 is 0 Å². The molecule has 70 valence electrons. The van der Waals surface area contributed by atoms with Crippen LogP contribution in [0.15, 0.2) is 12.3 Å². The van der Waals surface area contributed by atoms with E-state index >= 15 is 0 Å². The lowest BCUT2D eigenvalue weighted by Crippen LogP contribution is -2.30. The Morgan fingerprint density at radius 1 is 1.62 bits per heavy atom. The van der Waals surface area contributed by atoms with Gasteiger partial charge in [-0.3, -0.25) is 11.3 Å². The van der Waals surface area contributed by atoms with Crippen LogP contribution in [-0.2, 0) is 0 Å². The Morgan fingerprint density at radius 3 is 2.92 bits per heavy atom. The molecule has 0 spiro atoms. The molecule has 4 nitrogen and oxygen atoms in total. The number of hydrogen-bond donors (Lipinski definition) is 2. The number of nitrogens with zero attached hydrogens (tertiary/aromatic N) is 2.